The average molecular weight is 401 g/mol. The molecule has 0 aliphatic rings. The van der Waals surface area contributed by atoms with E-state index in [-0.39, 0.29) is 11.5 Å². The van der Waals surface area contributed by atoms with E-state index in [1.165, 1.54) is 0 Å². The average Bonchev–Trinajstić information content (AvgIpc) is 3.11. The molecule has 3 rings (SSSR count). The van der Waals surface area contributed by atoms with E-state index in [2.05, 4.69) is 4.98 Å². The molecule has 0 fully saturated rings. The maximum atomic E-state index is 12.3. The predicted octanol–water partition coefficient (Wildman–Crippen LogP) is 3.75. The fourth-order valence-electron chi connectivity index (χ4n) is 2.90. The minimum atomic E-state index is -3.17. The van der Waals surface area contributed by atoms with Gasteiger partial charge < -0.3 is 14.4 Å². The van der Waals surface area contributed by atoms with Gasteiger partial charge in [-0.15, -0.1) is 0 Å². The molecule has 2 aromatic carbocycles. The molecule has 0 aliphatic heterocycles. The number of aryl methyl sites for hydroxylation is 1. The van der Waals surface area contributed by atoms with Crippen LogP contribution in [0.25, 0.3) is 22.5 Å². The molecule has 7 heteroatoms. The summed E-state index contributed by atoms with van der Waals surface area (Å²) in [7, 11) is -1.56. The lowest BCUT2D eigenvalue weighted by molar-refractivity contribution is 0.415. The first-order chi connectivity index (χ1) is 13.3. The Morgan fingerprint density at radius 2 is 1.64 bits per heavy atom. The van der Waals surface area contributed by atoms with Crippen LogP contribution in [0.2, 0.25) is 0 Å². The smallest absolute Gasteiger partial charge is 0.154 e. The van der Waals surface area contributed by atoms with E-state index in [1.54, 1.807) is 51.6 Å². The number of sulfone groups is 1. The lowest BCUT2D eigenvalue weighted by Gasteiger charge is -2.13. The van der Waals surface area contributed by atoms with Crippen molar-refractivity contribution in [2.45, 2.75) is 25.6 Å². The number of hydrogen-bond donors (Lipinski definition) is 1. The molecule has 1 N–H and O–H groups in total. The highest BCUT2D eigenvalue weighted by molar-refractivity contribution is 7.91. The molecule has 0 amide bonds. The Morgan fingerprint density at radius 3 is 2.21 bits per heavy atom. The molecule has 1 heterocycles. The molecule has 0 radical (unpaired) electrons. The van der Waals surface area contributed by atoms with Crippen molar-refractivity contribution in [1.82, 2.24) is 9.55 Å². The molecular formula is C21H24N2O4S. The highest BCUT2D eigenvalue weighted by atomic mass is 32.2. The molecule has 0 bridgehead atoms. The van der Waals surface area contributed by atoms with Crippen molar-refractivity contribution >= 4 is 9.84 Å². The van der Waals surface area contributed by atoms with Gasteiger partial charge in [-0.3, -0.25) is 0 Å². The minimum absolute atomic E-state index is 0.0359. The molecule has 28 heavy (non-hydrogen) atoms. The van der Waals surface area contributed by atoms with Crippen LogP contribution in [0, 0.1) is 0 Å². The van der Waals surface area contributed by atoms with Gasteiger partial charge in [-0.05, 0) is 62.4 Å². The van der Waals surface area contributed by atoms with Crippen molar-refractivity contribution in [2.75, 3.05) is 12.9 Å². The first-order valence-corrected chi connectivity index (χ1v) is 10.7. The largest absolute Gasteiger partial charge is 0.508 e. The fourth-order valence-corrected chi connectivity index (χ4v) is 3.82. The van der Waals surface area contributed by atoms with Gasteiger partial charge in [-0.2, -0.15) is 0 Å². The van der Waals surface area contributed by atoms with Gasteiger partial charge in [-0.25, -0.2) is 13.4 Å². The van der Waals surface area contributed by atoms with Gasteiger partial charge in [0.15, 0.2) is 9.84 Å². The second-order valence-corrected chi connectivity index (χ2v) is 9.50. The third kappa shape index (κ3) is 4.20. The molecule has 148 valence electrons. The Labute approximate surface area is 165 Å². The summed E-state index contributed by atoms with van der Waals surface area (Å²) < 4.78 is 31.6. The number of aromatic nitrogens is 2. The Morgan fingerprint density at radius 1 is 1.04 bits per heavy atom. The number of hydrogen-bond acceptors (Lipinski definition) is 5. The summed E-state index contributed by atoms with van der Waals surface area (Å²) in [5.41, 5.74) is 3.30. The molecule has 0 saturated heterocycles. The summed E-state index contributed by atoms with van der Waals surface area (Å²) in [6.07, 6.45) is 1.66. The minimum Gasteiger partial charge on any atom is -0.508 e. The summed E-state index contributed by atoms with van der Waals surface area (Å²) in [5.74, 6) is 0.953. The van der Waals surface area contributed by atoms with Gasteiger partial charge in [-0.1, -0.05) is 0 Å². The number of aromatic hydroxyl groups is 1. The first-order valence-electron chi connectivity index (χ1n) is 9.02. The zero-order valence-corrected chi connectivity index (χ0v) is 17.0. The van der Waals surface area contributed by atoms with Gasteiger partial charge in [0.1, 0.15) is 11.5 Å². The standard InChI is InChI=1S/C21H24N2O4S/c1-15(2)28(25,26)13-12-23-14-22-20(16-6-10-19(27-3)11-7-16)21(23)17-4-8-18(24)9-5-17/h4-11,14-15,24H,12-13H2,1-3H3. The number of imidazole rings is 1. The van der Waals surface area contributed by atoms with E-state index in [0.717, 1.165) is 28.3 Å². The number of phenolic OH excluding ortho intramolecular Hbond substituents is 1. The normalized spacial score (nSPS) is 11.7. The van der Waals surface area contributed by atoms with Crippen LogP contribution in [0.4, 0.5) is 0 Å². The van der Waals surface area contributed by atoms with E-state index >= 15 is 0 Å². The van der Waals surface area contributed by atoms with Gasteiger partial charge in [0, 0.05) is 17.7 Å². The van der Waals surface area contributed by atoms with Crippen LogP contribution in [-0.2, 0) is 16.4 Å². The van der Waals surface area contributed by atoms with Gasteiger partial charge in [0.25, 0.3) is 0 Å². The molecule has 1 aromatic heterocycles. The quantitative estimate of drug-likeness (QED) is 0.653. The van der Waals surface area contributed by atoms with Crippen LogP contribution < -0.4 is 4.74 Å². The maximum absolute atomic E-state index is 12.3. The number of nitrogens with zero attached hydrogens (tertiary/aromatic N) is 2. The Hall–Kier alpha value is -2.80. The molecule has 0 spiro atoms. The molecule has 0 aliphatic carbocycles. The summed E-state index contributed by atoms with van der Waals surface area (Å²) in [5, 5.41) is 9.20. The van der Waals surface area contributed by atoms with Crippen molar-refractivity contribution < 1.29 is 18.3 Å². The number of ether oxygens (including phenoxy) is 1. The van der Waals surface area contributed by atoms with Crippen LogP contribution in [-0.4, -0.2) is 41.2 Å². The van der Waals surface area contributed by atoms with E-state index in [0.29, 0.717) is 6.54 Å². The van der Waals surface area contributed by atoms with E-state index < -0.39 is 15.1 Å². The van der Waals surface area contributed by atoms with E-state index in [4.69, 9.17) is 4.74 Å². The third-order valence-electron chi connectivity index (χ3n) is 4.68. The highest BCUT2D eigenvalue weighted by Crippen LogP contribution is 2.33. The lowest BCUT2D eigenvalue weighted by atomic mass is 10.0. The summed E-state index contributed by atoms with van der Waals surface area (Å²) >= 11 is 0. The van der Waals surface area contributed by atoms with Crippen LogP contribution in [0.3, 0.4) is 0 Å². The zero-order chi connectivity index (χ0) is 20.3. The zero-order valence-electron chi connectivity index (χ0n) is 16.2. The Balaban J connectivity index is 2.05. The maximum Gasteiger partial charge on any atom is 0.154 e. The number of benzene rings is 2. The van der Waals surface area contributed by atoms with Crippen molar-refractivity contribution in [3.8, 4) is 34.0 Å². The second-order valence-electron chi connectivity index (χ2n) is 6.83. The molecular weight excluding hydrogens is 376 g/mol. The SMILES string of the molecule is COc1ccc(-c2ncn(CCS(=O)(=O)C(C)C)c2-c2ccc(O)cc2)cc1. The van der Waals surface area contributed by atoms with Crippen LogP contribution in [0.1, 0.15) is 13.8 Å². The number of phenols is 1. The molecule has 6 nitrogen and oxygen atoms in total. The molecule has 3 aromatic rings. The van der Waals surface area contributed by atoms with E-state index in [1.807, 2.05) is 28.8 Å². The molecule has 0 saturated carbocycles. The van der Waals surface area contributed by atoms with Crippen molar-refractivity contribution in [3.05, 3.63) is 54.9 Å². The number of methoxy groups -OCH3 is 1. The predicted molar refractivity (Wildman–Crippen MR) is 110 cm³/mol. The Kier molecular flexibility index (Phi) is 5.74. The monoisotopic (exact) mass is 400 g/mol. The topological polar surface area (TPSA) is 81.4 Å². The van der Waals surface area contributed by atoms with Crippen LogP contribution >= 0.6 is 0 Å². The first kappa shape index (κ1) is 19.9. The fraction of sp³-hybridized carbons (Fsp3) is 0.286. The van der Waals surface area contributed by atoms with Gasteiger partial charge >= 0.3 is 0 Å². The van der Waals surface area contributed by atoms with Crippen molar-refractivity contribution in [1.29, 1.82) is 0 Å². The van der Waals surface area contributed by atoms with Crippen LogP contribution in [0.15, 0.2) is 54.9 Å². The van der Waals surface area contributed by atoms with Gasteiger partial charge in [0.2, 0.25) is 0 Å². The summed E-state index contributed by atoms with van der Waals surface area (Å²) in [6.45, 7) is 3.68. The molecule has 0 unspecified atom stereocenters. The third-order valence-corrected chi connectivity index (χ3v) is 6.86. The van der Waals surface area contributed by atoms with Crippen LogP contribution in [0.5, 0.6) is 11.5 Å². The molecule has 0 atom stereocenters. The summed E-state index contributed by atoms with van der Waals surface area (Å²) in [4.78, 5) is 4.55. The Bertz CT molecular complexity index is 1040. The number of rotatable bonds is 7. The summed E-state index contributed by atoms with van der Waals surface area (Å²) in [6, 6.07) is 14.4. The highest BCUT2D eigenvalue weighted by Gasteiger charge is 2.19. The van der Waals surface area contributed by atoms with Crippen molar-refractivity contribution in [2.24, 2.45) is 0 Å². The second kappa shape index (κ2) is 8.06. The van der Waals surface area contributed by atoms with Crippen molar-refractivity contribution in [3.63, 3.8) is 0 Å². The van der Waals surface area contributed by atoms with Gasteiger partial charge in [0.05, 0.1) is 35.8 Å². The lowest BCUT2D eigenvalue weighted by Crippen LogP contribution is -2.21. The van der Waals surface area contributed by atoms with E-state index in [9.17, 15) is 13.5 Å².